The number of rotatable bonds is 5. The highest BCUT2D eigenvalue weighted by Crippen LogP contribution is 2.21. The molecule has 10 nitrogen and oxygen atoms in total. The maximum absolute atomic E-state index is 12.2. The summed E-state index contributed by atoms with van der Waals surface area (Å²) in [7, 11) is 0. The number of aromatic amines is 1. The van der Waals surface area contributed by atoms with Crippen molar-refractivity contribution in [3.8, 4) is 6.19 Å². The maximum Gasteiger partial charge on any atom is 0.282 e. The number of nitriles is 1. The lowest BCUT2D eigenvalue weighted by Crippen LogP contribution is -2.46. The molecule has 1 saturated heterocycles. The number of carbonyl (C=O) groups excluding carboxylic acids is 1. The summed E-state index contributed by atoms with van der Waals surface area (Å²) in [6.45, 7) is 7.87. The lowest BCUT2D eigenvalue weighted by atomic mass is 10.2. The summed E-state index contributed by atoms with van der Waals surface area (Å²) in [5.41, 5.74) is 4.38. The van der Waals surface area contributed by atoms with Gasteiger partial charge in [-0.15, -0.1) is 0 Å². The molecule has 0 aliphatic carbocycles. The molecule has 1 aliphatic heterocycles. The van der Waals surface area contributed by atoms with E-state index in [1.807, 2.05) is 26.1 Å². The molecule has 0 radical (unpaired) electrons. The number of pyridine rings is 1. The normalized spacial score (nSPS) is 14.5. The number of nitrogens with zero attached hydrogens (tertiary/aromatic N) is 6. The molecule has 0 unspecified atom stereocenters. The number of nitrogens with one attached hydrogen (secondary N) is 2. The fraction of sp³-hybridized carbons (Fsp3) is 0.381. The van der Waals surface area contributed by atoms with Crippen LogP contribution in [-0.4, -0.2) is 56.6 Å². The van der Waals surface area contributed by atoms with E-state index >= 15 is 0 Å². The quantitative estimate of drug-likeness (QED) is 0.463. The fourth-order valence-corrected chi connectivity index (χ4v) is 3.91. The SMILES string of the molecule is CCc1cn2ncc(CN3CCN(c4ccc(C(=O)NC#N)nc4C)CC3)c2[nH]c1=O. The third-order valence-corrected chi connectivity index (χ3v) is 5.62. The lowest BCUT2D eigenvalue weighted by molar-refractivity contribution is 0.0968. The van der Waals surface area contributed by atoms with Gasteiger partial charge in [0.05, 0.1) is 17.6 Å². The molecular formula is C21H24N8O2. The summed E-state index contributed by atoms with van der Waals surface area (Å²) in [4.78, 5) is 35.8. The number of aromatic nitrogens is 4. The summed E-state index contributed by atoms with van der Waals surface area (Å²) in [6, 6.07) is 3.52. The molecule has 0 spiro atoms. The van der Waals surface area contributed by atoms with E-state index in [1.165, 1.54) is 0 Å². The Kier molecular flexibility index (Phi) is 5.68. The lowest BCUT2D eigenvalue weighted by Gasteiger charge is -2.36. The number of piperazine rings is 1. The number of aryl methyl sites for hydroxylation is 2. The van der Waals surface area contributed by atoms with Crippen molar-refractivity contribution in [2.45, 2.75) is 26.8 Å². The fourth-order valence-electron chi connectivity index (χ4n) is 3.91. The first-order valence-corrected chi connectivity index (χ1v) is 10.2. The second-order valence-corrected chi connectivity index (χ2v) is 7.56. The van der Waals surface area contributed by atoms with Gasteiger partial charge in [0.25, 0.3) is 11.5 Å². The van der Waals surface area contributed by atoms with Crippen LogP contribution < -0.4 is 15.8 Å². The Morgan fingerprint density at radius 2 is 2.03 bits per heavy atom. The highest BCUT2D eigenvalue weighted by molar-refractivity contribution is 5.93. The molecule has 0 aromatic carbocycles. The first-order chi connectivity index (χ1) is 15.0. The number of hydrogen-bond acceptors (Lipinski definition) is 7. The summed E-state index contributed by atoms with van der Waals surface area (Å²) in [5, 5.41) is 15.1. The van der Waals surface area contributed by atoms with Crippen LogP contribution in [0.15, 0.2) is 29.3 Å². The van der Waals surface area contributed by atoms with E-state index in [-0.39, 0.29) is 11.3 Å². The van der Waals surface area contributed by atoms with Crippen LogP contribution in [0.5, 0.6) is 0 Å². The number of amides is 1. The molecule has 4 heterocycles. The molecule has 3 aromatic heterocycles. The molecule has 160 valence electrons. The van der Waals surface area contributed by atoms with Crippen LogP contribution in [0.3, 0.4) is 0 Å². The van der Waals surface area contributed by atoms with E-state index in [2.05, 4.69) is 30.2 Å². The Morgan fingerprint density at radius 1 is 1.26 bits per heavy atom. The van der Waals surface area contributed by atoms with Crippen LogP contribution in [0, 0.1) is 18.4 Å². The van der Waals surface area contributed by atoms with Crippen LogP contribution in [0.4, 0.5) is 5.69 Å². The number of carbonyl (C=O) groups is 1. The van der Waals surface area contributed by atoms with E-state index in [0.29, 0.717) is 13.0 Å². The Hall–Kier alpha value is -3.71. The van der Waals surface area contributed by atoms with Crippen LogP contribution >= 0.6 is 0 Å². The molecule has 0 bridgehead atoms. The molecule has 1 fully saturated rings. The van der Waals surface area contributed by atoms with Gasteiger partial charge in [0.1, 0.15) is 11.3 Å². The van der Waals surface area contributed by atoms with E-state index in [9.17, 15) is 9.59 Å². The standard InChI is InChI=1S/C21H24N8O2/c1-3-15-12-29-19(26-20(15)30)16(10-24-29)11-27-6-8-28(9-7-27)18-5-4-17(25-14(18)2)21(31)23-13-22/h4-5,10,12H,3,6-9,11H2,1-2H3,(H,23,31)(H,26,30). The molecular weight excluding hydrogens is 396 g/mol. The highest BCUT2D eigenvalue weighted by atomic mass is 16.1. The highest BCUT2D eigenvalue weighted by Gasteiger charge is 2.21. The summed E-state index contributed by atoms with van der Waals surface area (Å²) in [5.74, 6) is -0.500. The molecule has 4 rings (SSSR count). The van der Waals surface area contributed by atoms with Gasteiger partial charge in [0.15, 0.2) is 6.19 Å². The van der Waals surface area contributed by atoms with E-state index in [1.54, 1.807) is 23.0 Å². The second kappa shape index (κ2) is 8.57. The molecule has 1 amide bonds. The smallest absolute Gasteiger partial charge is 0.282 e. The van der Waals surface area contributed by atoms with Gasteiger partial charge >= 0.3 is 0 Å². The Balaban J connectivity index is 1.42. The monoisotopic (exact) mass is 420 g/mol. The third-order valence-electron chi connectivity index (χ3n) is 5.62. The number of fused-ring (bicyclic) bond motifs is 1. The van der Waals surface area contributed by atoms with Crippen molar-refractivity contribution < 1.29 is 4.79 Å². The van der Waals surface area contributed by atoms with Crippen molar-refractivity contribution >= 4 is 17.2 Å². The first-order valence-electron chi connectivity index (χ1n) is 10.2. The topological polar surface area (TPSA) is 122 Å². The van der Waals surface area contributed by atoms with Gasteiger partial charge in [0, 0.05) is 50.0 Å². The zero-order valence-corrected chi connectivity index (χ0v) is 17.6. The number of anilines is 1. The summed E-state index contributed by atoms with van der Waals surface area (Å²) < 4.78 is 1.74. The average Bonchev–Trinajstić information content (AvgIpc) is 3.15. The largest absolute Gasteiger partial charge is 0.368 e. The molecule has 31 heavy (non-hydrogen) atoms. The molecule has 0 saturated carbocycles. The molecule has 10 heteroatoms. The Bertz CT molecular complexity index is 1210. The summed E-state index contributed by atoms with van der Waals surface area (Å²) >= 11 is 0. The van der Waals surface area contributed by atoms with E-state index in [4.69, 9.17) is 5.26 Å². The van der Waals surface area contributed by atoms with Crippen molar-refractivity contribution in [2.24, 2.45) is 0 Å². The third kappa shape index (κ3) is 4.13. The predicted molar refractivity (Wildman–Crippen MR) is 115 cm³/mol. The van der Waals surface area contributed by atoms with Crippen LogP contribution in [0.2, 0.25) is 0 Å². The van der Waals surface area contributed by atoms with Gasteiger partial charge in [-0.25, -0.2) is 9.50 Å². The van der Waals surface area contributed by atoms with Gasteiger partial charge in [-0.1, -0.05) is 6.92 Å². The van der Waals surface area contributed by atoms with Crippen molar-refractivity contribution in [1.82, 2.24) is 29.8 Å². The average molecular weight is 420 g/mol. The maximum atomic E-state index is 12.2. The van der Waals surface area contributed by atoms with Crippen molar-refractivity contribution in [3.05, 3.63) is 57.4 Å². The van der Waals surface area contributed by atoms with Crippen LogP contribution in [-0.2, 0) is 13.0 Å². The van der Waals surface area contributed by atoms with Crippen LogP contribution in [0.25, 0.3) is 5.65 Å². The van der Waals surface area contributed by atoms with Gasteiger partial charge in [-0.2, -0.15) is 10.4 Å². The second-order valence-electron chi connectivity index (χ2n) is 7.56. The van der Waals surface area contributed by atoms with E-state index < -0.39 is 5.91 Å². The zero-order valence-electron chi connectivity index (χ0n) is 17.6. The van der Waals surface area contributed by atoms with Crippen molar-refractivity contribution in [2.75, 3.05) is 31.1 Å². The van der Waals surface area contributed by atoms with Crippen molar-refractivity contribution in [1.29, 1.82) is 5.26 Å². The Morgan fingerprint density at radius 3 is 2.71 bits per heavy atom. The van der Waals surface area contributed by atoms with Gasteiger partial charge < -0.3 is 9.88 Å². The summed E-state index contributed by atoms with van der Waals surface area (Å²) in [6.07, 6.45) is 5.91. The zero-order chi connectivity index (χ0) is 22.0. The number of H-pyrrole nitrogens is 1. The van der Waals surface area contributed by atoms with Gasteiger partial charge in [-0.05, 0) is 25.5 Å². The van der Waals surface area contributed by atoms with Gasteiger partial charge in [-0.3, -0.25) is 19.8 Å². The Labute approximate surface area is 179 Å². The van der Waals surface area contributed by atoms with Crippen LogP contribution in [0.1, 0.15) is 34.2 Å². The van der Waals surface area contributed by atoms with Crippen molar-refractivity contribution in [3.63, 3.8) is 0 Å². The molecule has 3 aromatic rings. The minimum absolute atomic E-state index is 0.0588. The predicted octanol–water partition coefficient (Wildman–Crippen LogP) is 0.821. The van der Waals surface area contributed by atoms with Gasteiger partial charge in [0.2, 0.25) is 0 Å². The molecule has 0 atom stereocenters. The molecule has 1 aliphatic rings. The minimum atomic E-state index is -0.500. The van der Waals surface area contributed by atoms with E-state index in [0.717, 1.165) is 54.3 Å². The minimum Gasteiger partial charge on any atom is -0.368 e. The first kappa shape index (κ1) is 20.6. The number of hydrogen-bond donors (Lipinski definition) is 2. The molecule has 2 N–H and O–H groups in total.